The van der Waals surface area contributed by atoms with Crippen molar-refractivity contribution in [1.82, 2.24) is 0 Å². The molecule has 0 amide bonds. The molecular formula is C29H42O10. The van der Waals surface area contributed by atoms with Crippen LogP contribution in [-0.2, 0) is 23.7 Å². The Balaban J connectivity index is 1.17. The average molecular weight is 551 g/mol. The van der Waals surface area contributed by atoms with E-state index >= 15 is 0 Å². The molecule has 0 bridgehead atoms. The van der Waals surface area contributed by atoms with Gasteiger partial charge in [0.25, 0.3) is 0 Å². The van der Waals surface area contributed by atoms with Crippen molar-refractivity contribution in [3.05, 3.63) is 11.6 Å². The summed E-state index contributed by atoms with van der Waals surface area (Å²) in [5, 5.41) is 56.3. The minimum atomic E-state index is -2.17. The zero-order chi connectivity index (χ0) is 27.7. The Labute approximate surface area is 228 Å². The summed E-state index contributed by atoms with van der Waals surface area (Å²) in [7, 11) is 0. The number of carbonyl (C=O) groups excluding carboxylic acids is 1. The second kappa shape index (κ2) is 8.47. The SMILES string of the molecule is CC1OC2OC3CC4CCC5C(CCC6(C)C(C7=CC(=O)OC7)CC(O)C56O)C4(C)CC3OC2(O)C(O)C1O. The van der Waals surface area contributed by atoms with Crippen molar-refractivity contribution in [2.24, 2.45) is 34.5 Å². The van der Waals surface area contributed by atoms with E-state index in [0.29, 0.717) is 31.6 Å². The summed E-state index contributed by atoms with van der Waals surface area (Å²) in [6.45, 7) is 6.16. The summed E-state index contributed by atoms with van der Waals surface area (Å²) in [4.78, 5) is 11.8. The minimum Gasteiger partial charge on any atom is -0.458 e. The van der Waals surface area contributed by atoms with Crippen molar-refractivity contribution >= 4 is 5.97 Å². The van der Waals surface area contributed by atoms with E-state index in [1.165, 1.54) is 0 Å². The summed E-state index contributed by atoms with van der Waals surface area (Å²) in [5.74, 6) is -2.35. The van der Waals surface area contributed by atoms with Gasteiger partial charge in [0, 0.05) is 11.5 Å². The van der Waals surface area contributed by atoms with Crippen LogP contribution in [0.25, 0.3) is 0 Å². The van der Waals surface area contributed by atoms with Gasteiger partial charge in [-0.3, -0.25) is 0 Å². The van der Waals surface area contributed by atoms with Crippen LogP contribution in [0, 0.1) is 34.5 Å². The number of hydrogen-bond acceptors (Lipinski definition) is 10. The standard InChI is InChI=1S/C29H42O10/c1-13-23(32)24(33)29(35)25(37-13)38-19-9-15-4-5-17-16(26(15,2)11-20(19)39-29)6-7-27(3)18(10-21(30)28(17,27)34)14-8-22(31)36-12-14/h8,13,15-21,23-25,30,32-35H,4-7,9-12H2,1-3H3. The molecule has 7 rings (SSSR count). The molecule has 3 aliphatic heterocycles. The Morgan fingerprint density at radius 1 is 0.974 bits per heavy atom. The number of hydrogen-bond donors (Lipinski definition) is 5. The molecule has 5 N–H and O–H groups in total. The zero-order valence-corrected chi connectivity index (χ0v) is 22.9. The highest BCUT2D eigenvalue weighted by atomic mass is 16.8. The van der Waals surface area contributed by atoms with E-state index in [1.54, 1.807) is 13.0 Å². The van der Waals surface area contributed by atoms with E-state index in [0.717, 1.165) is 24.8 Å². The van der Waals surface area contributed by atoms with Crippen LogP contribution in [0.4, 0.5) is 0 Å². The van der Waals surface area contributed by atoms with Gasteiger partial charge >= 0.3 is 5.97 Å². The highest BCUT2D eigenvalue weighted by Gasteiger charge is 2.72. The molecule has 0 aromatic rings. The number of aliphatic hydroxyl groups is 5. The molecule has 10 heteroatoms. The fourth-order valence-corrected chi connectivity index (χ4v) is 10.3. The van der Waals surface area contributed by atoms with Gasteiger partial charge in [0.15, 0.2) is 0 Å². The fraction of sp³-hybridized carbons (Fsp3) is 0.897. The summed E-state index contributed by atoms with van der Waals surface area (Å²) < 4.78 is 23.3. The number of fused-ring (bicyclic) bond motifs is 7. The zero-order valence-electron chi connectivity index (χ0n) is 22.9. The first-order valence-corrected chi connectivity index (χ1v) is 14.7. The lowest BCUT2D eigenvalue weighted by Crippen LogP contribution is -2.73. The third kappa shape index (κ3) is 3.34. The summed E-state index contributed by atoms with van der Waals surface area (Å²) >= 11 is 0. The Morgan fingerprint density at radius 3 is 2.46 bits per heavy atom. The van der Waals surface area contributed by atoms with Crippen LogP contribution < -0.4 is 0 Å². The lowest BCUT2D eigenvalue weighted by Gasteiger charge is -2.65. The van der Waals surface area contributed by atoms with Crippen LogP contribution in [0.3, 0.4) is 0 Å². The van der Waals surface area contributed by atoms with Gasteiger partial charge in [-0.15, -0.1) is 0 Å². The monoisotopic (exact) mass is 550 g/mol. The first kappa shape index (κ1) is 26.8. The molecular weight excluding hydrogens is 508 g/mol. The summed E-state index contributed by atoms with van der Waals surface area (Å²) in [6.07, 6.45) is -0.0268. The van der Waals surface area contributed by atoms with Crippen LogP contribution >= 0.6 is 0 Å². The third-order valence-electron chi connectivity index (χ3n) is 12.5. The molecule has 0 aromatic heterocycles. The smallest absolute Gasteiger partial charge is 0.331 e. The quantitative estimate of drug-likeness (QED) is 0.233. The van der Waals surface area contributed by atoms with Crippen LogP contribution in [0.15, 0.2) is 11.6 Å². The van der Waals surface area contributed by atoms with Gasteiger partial charge < -0.3 is 44.5 Å². The predicted molar refractivity (Wildman–Crippen MR) is 134 cm³/mol. The molecule has 6 fully saturated rings. The molecule has 7 aliphatic rings. The fourth-order valence-electron chi connectivity index (χ4n) is 10.3. The second-order valence-electron chi connectivity index (χ2n) is 14.0. The van der Waals surface area contributed by atoms with Crippen LogP contribution in [0.5, 0.6) is 0 Å². The maximum Gasteiger partial charge on any atom is 0.331 e. The first-order chi connectivity index (χ1) is 18.3. The van der Waals surface area contributed by atoms with Crippen molar-refractivity contribution in [3.8, 4) is 0 Å². The first-order valence-electron chi connectivity index (χ1n) is 14.7. The average Bonchev–Trinajstić information content (AvgIpc) is 3.40. The number of aliphatic hydroxyl groups excluding tert-OH is 3. The molecule has 15 unspecified atom stereocenters. The van der Waals surface area contributed by atoms with E-state index in [2.05, 4.69) is 13.8 Å². The lowest BCUT2D eigenvalue weighted by atomic mass is 9.42. The molecule has 4 saturated carbocycles. The van der Waals surface area contributed by atoms with Crippen molar-refractivity contribution in [2.75, 3.05) is 6.61 Å². The third-order valence-corrected chi connectivity index (χ3v) is 12.5. The van der Waals surface area contributed by atoms with Crippen LogP contribution in [0.1, 0.15) is 65.7 Å². The van der Waals surface area contributed by atoms with Crippen molar-refractivity contribution < 1.29 is 49.3 Å². The van der Waals surface area contributed by atoms with Gasteiger partial charge in [-0.05, 0) is 86.5 Å². The Kier molecular flexibility index (Phi) is 5.82. The van der Waals surface area contributed by atoms with E-state index in [1.807, 2.05) is 0 Å². The van der Waals surface area contributed by atoms with Crippen molar-refractivity contribution in [1.29, 1.82) is 0 Å². The van der Waals surface area contributed by atoms with Gasteiger partial charge in [0.2, 0.25) is 12.1 Å². The van der Waals surface area contributed by atoms with Gasteiger partial charge in [-0.25, -0.2) is 4.79 Å². The predicted octanol–water partition coefficient (Wildman–Crippen LogP) is 0.763. The van der Waals surface area contributed by atoms with Crippen molar-refractivity contribution in [3.63, 3.8) is 0 Å². The van der Waals surface area contributed by atoms with E-state index in [-0.39, 0.29) is 41.8 Å². The molecule has 4 aliphatic carbocycles. The van der Waals surface area contributed by atoms with Crippen LogP contribution in [0.2, 0.25) is 0 Å². The summed E-state index contributed by atoms with van der Waals surface area (Å²) in [5.41, 5.74) is -1.24. The van der Waals surface area contributed by atoms with E-state index in [9.17, 15) is 30.3 Å². The normalized spacial score (nSPS) is 60.3. The minimum absolute atomic E-state index is 0.117. The molecule has 3 heterocycles. The van der Waals surface area contributed by atoms with Crippen molar-refractivity contribution in [2.45, 2.75) is 120 Å². The molecule has 39 heavy (non-hydrogen) atoms. The Hall–Kier alpha value is -1.11. The molecule has 0 aromatic carbocycles. The maximum absolute atomic E-state index is 12.5. The number of carbonyl (C=O) groups is 1. The van der Waals surface area contributed by atoms with E-state index < -0.39 is 53.6 Å². The molecule has 218 valence electrons. The van der Waals surface area contributed by atoms with Gasteiger partial charge in [-0.2, -0.15) is 0 Å². The molecule has 2 saturated heterocycles. The molecule has 0 radical (unpaired) electrons. The van der Waals surface area contributed by atoms with Gasteiger partial charge in [0.1, 0.15) is 18.8 Å². The summed E-state index contributed by atoms with van der Waals surface area (Å²) in [6, 6.07) is 0. The molecule has 15 atom stereocenters. The highest BCUT2D eigenvalue weighted by molar-refractivity contribution is 5.85. The van der Waals surface area contributed by atoms with Crippen LogP contribution in [-0.4, -0.2) is 92.4 Å². The van der Waals surface area contributed by atoms with Gasteiger partial charge in [0.05, 0.1) is 30.0 Å². The largest absolute Gasteiger partial charge is 0.458 e. The maximum atomic E-state index is 12.5. The Morgan fingerprint density at radius 2 is 1.74 bits per heavy atom. The second-order valence-corrected chi connectivity index (χ2v) is 14.0. The lowest BCUT2D eigenvalue weighted by molar-refractivity contribution is -0.469. The Bertz CT molecular complexity index is 1080. The number of esters is 1. The highest BCUT2D eigenvalue weighted by Crippen LogP contribution is 2.70. The number of ether oxygens (including phenoxy) is 4. The number of rotatable bonds is 1. The van der Waals surface area contributed by atoms with Gasteiger partial charge in [-0.1, -0.05) is 13.8 Å². The molecule has 0 spiro atoms. The van der Waals surface area contributed by atoms with E-state index in [4.69, 9.17) is 18.9 Å². The molecule has 10 nitrogen and oxygen atoms in total. The topological polar surface area (TPSA) is 155 Å². The number of cyclic esters (lactones) is 1.